The van der Waals surface area contributed by atoms with E-state index in [2.05, 4.69) is 11.4 Å². The molecule has 1 aliphatic heterocycles. The van der Waals surface area contributed by atoms with E-state index in [1.807, 2.05) is 20.8 Å². The minimum Gasteiger partial charge on any atom is -0.478 e. The number of halogens is 4. The second-order valence-electron chi connectivity index (χ2n) is 11.8. The van der Waals surface area contributed by atoms with Gasteiger partial charge in [0.1, 0.15) is 17.1 Å². The molecule has 10 heteroatoms. The quantitative estimate of drug-likeness (QED) is 0.357. The van der Waals surface area contributed by atoms with E-state index in [9.17, 15) is 14.9 Å². The molecule has 1 fully saturated rings. The third-order valence-electron chi connectivity index (χ3n) is 7.77. The summed E-state index contributed by atoms with van der Waals surface area (Å²) in [6, 6.07) is 10.9. The van der Waals surface area contributed by atoms with Crippen molar-refractivity contribution in [2.24, 2.45) is 17.3 Å². The van der Waals surface area contributed by atoms with E-state index < -0.39 is 46.9 Å². The molecule has 1 aliphatic carbocycles. The number of nitriles is 1. The van der Waals surface area contributed by atoms with Gasteiger partial charge in [-0.15, -0.1) is 0 Å². The van der Waals surface area contributed by atoms with E-state index in [-0.39, 0.29) is 46.1 Å². The van der Waals surface area contributed by atoms with Crippen LogP contribution in [-0.2, 0) is 12.0 Å². The number of allylic oxidation sites excluding steroid dienone is 3. The average Bonchev–Trinajstić information content (AvgIpc) is 3.20. The number of carboxylic acids is 1. The zero-order valence-corrected chi connectivity index (χ0v) is 24.4. The highest BCUT2D eigenvalue weighted by Crippen LogP contribution is 2.53. The van der Waals surface area contributed by atoms with Crippen LogP contribution in [0.25, 0.3) is 0 Å². The minimum absolute atomic E-state index is 0.0649. The highest BCUT2D eigenvalue weighted by Gasteiger charge is 2.61. The lowest BCUT2D eigenvalue weighted by molar-refractivity contribution is 0.0696. The van der Waals surface area contributed by atoms with Gasteiger partial charge in [-0.3, -0.25) is 0 Å². The van der Waals surface area contributed by atoms with Gasteiger partial charge in [0.2, 0.25) is 0 Å². The molecule has 4 rings (SSSR count). The van der Waals surface area contributed by atoms with Crippen molar-refractivity contribution in [1.82, 2.24) is 10.2 Å². The molecule has 2 aromatic rings. The Hall–Kier alpha value is -3.41. The number of likely N-dealkylation sites (tertiary alicyclic amines) is 1. The molecule has 2 aliphatic rings. The van der Waals surface area contributed by atoms with E-state index >= 15 is 8.78 Å². The van der Waals surface area contributed by atoms with Gasteiger partial charge >= 0.3 is 12.0 Å². The van der Waals surface area contributed by atoms with Crippen molar-refractivity contribution < 1.29 is 23.5 Å². The number of carboxylic acid groups (broad SMARTS) is 1. The summed E-state index contributed by atoms with van der Waals surface area (Å²) in [5.74, 6) is -3.84. The summed E-state index contributed by atoms with van der Waals surface area (Å²) in [7, 11) is 0. The molecule has 2 aromatic carbocycles. The number of amides is 2. The number of benzene rings is 2. The standard InChI is InChI=1S/C31H31Cl2F2N3O3/c1-30(2,3)14-20-16-38(29(41)37-15-18-4-6-19(7-5-18)28(39)40)27(23-10-8-21(32)12-25(23)34)31(20,17-36)24-11-9-22(33)13-26(24)35/h4-9,11-13,20,23,27H,10,14-16H2,1-3H3,(H,37,41)(H,39,40)/t20-,23?,27-,31-/m1/s1. The van der Waals surface area contributed by atoms with Crippen LogP contribution in [0.2, 0.25) is 5.02 Å². The average molecular weight is 603 g/mol. The molecule has 0 radical (unpaired) electrons. The summed E-state index contributed by atoms with van der Waals surface area (Å²) in [5, 5.41) is 23.3. The van der Waals surface area contributed by atoms with Gasteiger partial charge in [-0.05, 0) is 54.2 Å². The van der Waals surface area contributed by atoms with Gasteiger partial charge in [-0.2, -0.15) is 5.26 Å². The Morgan fingerprint density at radius 3 is 2.41 bits per heavy atom. The van der Waals surface area contributed by atoms with Gasteiger partial charge in [-0.1, -0.05) is 68.2 Å². The number of carbonyl (C=O) groups is 2. The van der Waals surface area contributed by atoms with E-state index in [0.29, 0.717) is 12.0 Å². The van der Waals surface area contributed by atoms with E-state index in [1.54, 1.807) is 18.2 Å². The lowest BCUT2D eigenvalue weighted by Gasteiger charge is -2.41. The molecule has 41 heavy (non-hydrogen) atoms. The Morgan fingerprint density at radius 2 is 1.85 bits per heavy atom. The first-order valence-corrected chi connectivity index (χ1v) is 14.0. The zero-order chi connectivity index (χ0) is 30.1. The number of urea groups is 1. The molecule has 6 nitrogen and oxygen atoms in total. The van der Waals surface area contributed by atoms with Crippen molar-refractivity contribution >= 4 is 35.2 Å². The Morgan fingerprint density at radius 1 is 1.17 bits per heavy atom. The van der Waals surface area contributed by atoms with Crippen LogP contribution in [0, 0.1) is 34.4 Å². The molecule has 0 spiro atoms. The Balaban J connectivity index is 1.80. The lowest BCUT2D eigenvalue weighted by atomic mass is 9.62. The predicted octanol–water partition coefficient (Wildman–Crippen LogP) is 7.58. The van der Waals surface area contributed by atoms with Gasteiger partial charge < -0.3 is 15.3 Å². The van der Waals surface area contributed by atoms with Crippen molar-refractivity contribution in [1.29, 1.82) is 5.26 Å². The molecular formula is C31H31Cl2F2N3O3. The van der Waals surface area contributed by atoms with E-state index in [4.69, 9.17) is 28.3 Å². The monoisotopic (exact) mass is 601 g/mol. The predicted molar refractivity (Wildman–Crippen MR) is 154 cm³/mol. The maximum atomic E-state index is 15.7. The van der Waals surface area contributed by atoms with Crippen LogP contribution in [0.4, 0.5) is 13.6 Å². The summed E-state index contributed by atoms with van der Waals surface area (Å²) >= 11 is 12.1. The summed E-state index contributed by atoms with van der Waals surface area (Å²) < 4.78 is 31.4. The molecule has 1 unspecified atom stereocenters. The van der Waals surface area contributed by atoms with Crippen LogP contribution in [0.5, 0.6) is 0 Å². The zero-order valence-electron chi connectivity index (χ0n) is 22.9. The molecule has 1 heterocycles. The lowest BCUT2D eigenvalue weighted by Crippen LogP contribution is -2.53. The van der Waals surface area contributed by atoms with Crippen molar-refractivity contribution in [3.8, 4) is 6.07 Å². The molecule has 0 aromatic heterocycles. The Bertz CT molecular complexity index is 1450. The second-order valence-corrected chi connectivity index (χ2v) is 12.7. The summed E-state index contributed by atoms with van der Waals surface area (Å²) in [4.78, 5) is 26.4. The molecule has 4 atom stereocenters. The number of nitrogens with zero attached hydrogens (tertiary/aromatic N) is 2. The van der Waals surface area contributed by atoms with Gasteiger partial charge in [0.25, 0.3) is 0 Å². The number of carbonyl (C=O) groups excluding carboxylic acids is 1. The van der Waals surface area contributed by atoms with Crippen molar-refractivity contribution in [3.05, 3.63) is 93.0 Å². The van der Waals surface area contributed by atoms with Crippen LogP contribution in [-0.4, -0.2) is 34.6 Å². The van der Waals surface area contributed by atoms with E-state index in [1.165, 1.54) is 35.2 Å². The number of aromatic carboxylic acids is 1. The van der Waals surface area contributed by atoms with Gasteiger partial charge in [0.15, 0.2) is 0 Å². The molecular weight excluding hydrogens is 571 g/mol. The van der Waals surface area contributed by atoms with Crippen molar-refractivity contribution in [2.45, 2.75) is 51.6 Å². The fraction of sp³-hybridized carbons (Fsp3) is 0.387. The molecule has 1 saturated heterocycles. The van der Waals surface area contributed by atoms with Crippen LogP contribution in [0.15, 0.2) is 65.5 Å². The first kappa shape index (κ1) is 30.5. The van der Waals surface area contributed by atoms with Gasteiger partial charge in [0.05, 0.1) is 17.7 Å². The molecule has 216 valence electrons. The van der Waals surface area contributed by atoms with Crippen molar-refractivity contribution in [2.75, 3.05) is 6.54 Å². The molecule has 0 saturated carbocycles. The second kappa shape index (κ2) is 11.8. The first-order valence-electron chi connectivity index (χ1n) is 13.2. The van der Waals surface area contributed by atoms with Gasteiger partial charge in [-0.25, -0.2) is 18.4 Å². The highest BCUT2D eigenvalue weighted by molar-refractivity contribution is 6.31. The largest absolute Gasteiger partial charge is 0.478 e. The molecule has 2 N–H and O–H groups in total. The number of hydrogen-bond acceptors (Lipinski definition) is 3. The number of nitrogens with one attached hydrogen (secondary N) is 1. The third-order valence-corrected chi connectivity index (χ3v) is 8.27. The normalized spacial score (nSPS) is 24.3. The SMILES string of the molecule is CC(C)(C)C[C@@H]1CN(C(=O)NCc2ccc(C(=O)O)cc2)[C@H](C2CC=C(Cl)C=C2F)[C@@]1(C#N)c1ccc(Cl)cc1F. The molecule has 2 amide bonds. The number of hydrogen-bond donors (Lipinski definition) is 2. The first-order chi connectivity index (χ1) is 19.3. The Kier molecular flexibility index (Phi) is 8.81. The topological polar surface area (TPSA) is 93.4 Å². The fourth-order valence-corrected chi connectivity index (χ4v) is 6.44. The Labute approximate surface area is 248 Å². The van der Waals surface area contributed by atoms with Crippen LogP contribution >= 0.6 is 23.2 Å². The van der Waals surface area contributed by atoms with Gasteiger partial charge in [0, 0.05) is 40.5 Å². The number of rotatable bonds is 6. The van der Waals surface area contributed by atoms with Crippen molar-refractivity contribution in [3.63, 3.8) is 0 Å². The van der Waals surface area contributed by atoms with Crippen LogP contribution in [0.1, 0.15) is 55.1 Å². The summed E-state index contributed by atoms with van der Waals surface area (Å²) in [5.41, 5.74) is -1.07. The molecule has 0 bridgehead atoms. The smallest absolute Gasteiger partial charge is 0.335 e. The van der Waals surface area contributed by atoms with E-state index in [0.717, 1.165) is 6.07 Å². The summed E-state index contributed by atoms with van der Waals surface area (Å²) in [6.07, 6.45) is 3.38. The summed E-state index contributed by atoms with van der Waals surface area (Å²) in [6.45, 7) is 6.14. The maximum Gasteiger partial charge on any atom is 0.335 e. The highest BCUT2D eigenvalue weighted by atomic mass is 35.5. The third kappa shape index (κ3) is 6.27. The van der Waals surface area contributed by atoms with Crippen LogP contribution in [0.3, 0.4) is 0 Å². The minimum atomic E-state index is -1.60. The maximum absolute atomic E-state index is 15.7. The fourth-order valence-electron chi connectivity index (χ4n) is 6.09. The van der Waals surface area contributed by atoms with Crippen LogP contribution < -0.4 is 5.32 Å².